The molecule has 5 nitrogen and oxygen atoms in total. The lowest BCUT2D eigenvalue weighted by molar-refractivity contribution is -0.115. The Labute approximate surface area is 190 Å². The molecule has 5 aromatic rings. The standard InChI is InChI=1S/C26H22N4OS/c1-17-10-12-20(13-11-17)23-16-32-26(27-23)30-24(14-18(2)29-30)28-25(31)15-21-8-5-7-19-6-3-4-9-22(19)21/h3-14,16H,15H2,1-2H3,(H,28,31). The molecule has 3 aromatic carbocycles. The van der Waals surface area contributed by atoms with Crippen molar-refractivity contribution >= 4 is 33.8 Å². The van der Waals surface area contributed by atoms with E-state index in [9.17, 15) is 4.79 Å². The number of thiazole rings is 1. The molecule has 0 aliphatic carbocycles. The molecule has 6 heteroatoms. The molecule has 0 unspecified atom stereocenters. The number of hydrogen-bond donors (Lipinski definition) is 1. The van der Waals surface area contributed by atoms with E-state index in [0.717, 1.165) is 33.3 Å². The molecule has 2 aromatic heterocycles. The molecule has 0 atom stereocenters. The fraction of sp³-hybridized carbons (Fsp3) is 0.115. The van der Waals surface area contributed by atoms with Crippen LogP contribution < -0.4 is 5.32 Å². The van der Waals surface area contributed by atoms with Crippen LogP contribution in [-0.2, 0) is 11.2 Å². The third kappa shape index (κ3) is 4.05. The van der Waals surface area contributed by atoms with E-state index < -0.39 is 0 Å². The first kappa shape index (κ1) is 20.2. The van der Waals surface area contributed by atoms with Crippen LogP contribution in [0.1, 0.15) is 16.8 Å². The van der Waals surface area contributed by atoms with E-state index in [1.54, 1.807) is 4.68 Å². The average molecular weight is 439 g/mol. The van der Waals surface area contributed by atoms with Crippen LogP contribution >= 0.6 is 11.3 Å². The number of hydrogen-bond acceptors (Lipinski definition) is 4. The van der Waals surface area contributed by atoms with Crippen molar-refractivity contribution in [1.29, 1.82) is 0 Å². The highest BCUT2D eigenvalue weighted by molar-refractivity contribution is 7.12. The SMILES string of the molecule is Cc1ccc(-c2csc(-n3nc(C)cc3NC(=O)Cc3cccc4ccccc34)n2)cc1. The van der Waals surface area contributed by atoms with Gasteiger partial charge >= 0.3 is 0 Å². The summed E-state index contributed by atoms with van der Waals surface area (Å²) < 4.78 is 1.71. The lowest BCUT2D eigenvalue weighted by atomic mass is 10.0. The Bertz CT molecular complexity index is 1410. The van der Waals surface area contributed by atoms with Crippen molar-refractivity contribution in [2.24, 2.45) is 0 Å². The molecule has 1 N–H and O–H groups in total. The first-order valence-corrected chi connectivity index (χ1v) is 11.3. The van der Waals surface area contributed by atoms with Crippen molar-refractivity contribution in [1.82, 2.24) is 14.8 Å². The van der Waals surface area contributed by atoms with Gasteiger partial charge in [-0.05, 0) is 30.2 Å². The third-order valence-corrected chi connectivity index (χ3v) is 6.17. The number of carbonyl (C=O) groups excluding carboxylic acids is 1. The summed E-state index contributed by atoms with van der Waals surface area (Å²) in [6.07, 6.45) is 0.290. The molecule has 0 radical (unpaired) electrons. The van der Waals surface area contributed by atoms with Crippen LogP contribution in [0.15, 0.2) is 78.2 Å². The molecule has 32 heavy (non-hydrogen) atoms. The lowest BCUT2D eigenvalue weighted by Crippen LogP contribution is -2.17. The van der Waals surface area contributed by atoms with Gasteiger partial charge in [-0.1, -0.05) is 72.3 Å². The summed E-state index contributed by atoms with van der Waals surface area (Å²) in [5.74, 6) is 0.537. The Morgan fingerprint density at radius 3 is 2.62 bits per heavy atom. The van der Waals surface area contributed by atoms with Gasteiger partial charge < -0.3 is 5.32 Å². The maximum atomic E-state index is 12.9. The second-order valence-corrected chi connectivity index (χ2v) is 8.66. The number of rotatable bonds is 5. The molecule has 0 fully saturated rings. The van der Waals surface area contributed by atoms with Gasteiger partial charge in [0.15, 0.2) is 0 Å². The summed E-state index contributed by atoms with van der Waals surface area (Å²) in [4.78, 5) is 17.7. The quantitative estimate of drug-likeness (QED) is 0.369. The van der Waals surface area contributed by atoms with Crippen LogP contribution in [0.25, 0.3) is 27.2 Å². The number of fused-ring (bicyclic) bond motifs is 1. The fourth-order valence-corrected chi connectivity index (χ4v) is 4.56. The molecule has 1 amide bonds. The number of nitrogens with one attached hydrogen (secondary N) is 1. The topological polar surface area (TPSA) is 59.8 Å². The van der Waals surface area contributed by atoms with Gasteiger partial charge in [0.1, 0.15) is 5.82 Å². The molecule has 2 heterocycles. The second kappa shape index (κ2) is 8.40. The lowest BCUT2D eigenvalue weighted by Gasteiger charge is -2.09. The third-order valence-electron chi connectivity index (χ3n) is 5.35. The van der Waals surface area contributed by atoms with Crippen molar-refractivity contribution in [3.05, 3.63) is 95.0 Å². The van der Waals surface area contributed by atoms with Gasteiger partial charge in [0.2, 0.25) is 11.0 Å². The monoisotopic (exact) mass is 438 g/mol. The van der Waals surface area contributed by atoms with E-state index in [0.29, 0.717) is 10.9 Å². The number of amides is 1. The molecule has 0 saturated heterocycles. The summed E-state index contributed by atoms with van der Waals surface area (Å²) in [6.45, 7) is 3.97. The Balaban J connectivity index is 1.39. The van der Waals surface area contributed by atoms with E-state index in [-0.39, 0.29) is 12.3 Å². The molecule has 0 aliphatic rings. The average Bonchev–Trinajstić information content (AvgIpc) is 3.41. The Kier molecular flexibility index (Phi) is 5.29. The van der Waals surface area contributed by atoms with Crippen LogP contribution in [0, 0.1) is 13.8 Å². The normalized spacial score (nSPS) is 11.1. The van der Waals surface area contributed by atoms with Gasteiger partial charge in [-0.2, -0.15) is 9.78 Å². The van der Waals surface area contributed by atoms with E-state index >= 15 is 0 Å². The first-order valence-electron chi connectivity index (χ1n) is 10.4. The molecule has 0 bridgehead atoms. The first-order chi connectivity index (χ1) is 15.6. The molecule has 5 rings (SSSR count). The molecule has 158 valence electrons. The Morgan fingerprint density at radius 1 is 1.00 bits per heavy atom. The minimum absolute atomic E-state index is 0.0854. The van der Waals surface area contributed by atoms with Gasteiger partial charge in [0.05, 0.1) is 17.8 Å². The van der Waals surface area contributed by atoms with E-state index in [4.69, 9.17) is 4.98 Å². The zero-order valence-corrected chi connectivity index (χ0v) is 18.7. The molecular formula is C26H22N4OS. The van der Waals surface area contributed by atoms with E-state index in [2.05, 4.69) is 59.8 Å². The zero-order chi connectivity index (χ0) is 22.1. The number of nitrogens with zero attached hydrogens (tertiary/aromatic N) is 3. The summed E-state index contributed by atoms with van der Waals surface area (Å²) in [6, 6.07) is 24.3. The highest BCUT2D eigenvalue weighted by Crippen LogP contribution is 2.27. The number of carbonyl (C=O) groups is 1. The van der Waals surface area contributed by atoms with Gasteiger partial charge in [-0.15, -0.1) is 11.3 Å². The van der Waals surface area contributed by atoms with E-state index in [1.807, 2.05) is 42.6 Å². The second-order valence-electron chi connectivity index (χ2n) is 7.83. The molecule has 0 spiro atoms. The Morgan fingerprint density at radius 2 is 1.78 bits per heavy atom. The van der Waals surface area contributed by atoms with Crippen molar-refractivity contribution in [2.75, 3.05) is 5.32 Å². The van der Waals surface area contributed by atoms with Crippen molar-refractivity contribution in [2.45, 2.75) is 20.3 Å². The summed E-state index contributed by atoms with van der Waals surface area (Å²) in [5.41, 5.74) is 4.98. The number of anilines is 1. The molecule has 0 saturated carbocycles. The predicted molar refractivity (Wildman–Crippen MR) is 130 cm³/mol. The van der Waals surface area contributed by atoms with Crippen LogP contribution in [0.2, 0.25) is 0 Å². The number of benzene rings is 3. The van der Waals surface area contributed by atoms with Gasteiger partial charge in [-0.25, -0.2) is 4.98 Å². The molecule has 0 aliphatic heterocycles. The Hall–Kier alpha value is -3.77. The molecular weight excluding hydrogens is 416 g/mol. The van der Waals surface area contributed by atoms with Crippen molar-refractivity contribution < 1.29 is 4.79 Å². The van der Waals surface area contributed by atoms with Gasteiger partial charge in [0, 0.05) is 17.0 Å². The highest BCUT2D eigenvalue weighted by atomic mass is 32.1. The summed E-state index contributed by atoms with van der Waals surface area (Å²) >= 11 is 1.50. The largest absolute Gasteiger partial charge is 0.310 e. The minimum atomic E-state index is -0.0854. The van der Waals surface area contributed by atoms with Gasteiger partial charge in [0.25, 0.3) is 0 Å². The fourth-order valence-electron chi connectivity index (χ4n) is 3.76. The number of aryl methyl sites for hydroxylation is 2. The summed E-state index contributed by atoms with van der Waals surface area (Å²) in [5, 5.41) is 12.5. The maximum Gasteiger partial charge on any atom is 0.229 e. The van der Waals surface area contributed by atoms with Crippen LogP contribution in [0.3, 0.4) is 0 Å². The van der Waals surface area contributed by atoms with Crippen LogP contribution in [0.5, 0.6) is 0 Å². The van der Waals surface area contributed by atoms with E-state index in [1.165, 1.54) is 16.9 Å². The van der Waals surface area contributed by atoms with Crippen LogP contribution in [0.4, 0.5) is 5.82 Å². The zero-order valence-electron chi connectivity index (χ0n) is 17.9. The highest BCUT2D eigenvalue weighted by Gasteiger charge is 2.15. The van der Waals surface area contributed by atoms with Crippen molar-refractivity contribution in [3.63, 3.8) is 0 Å². The smallest absolute Gasteiger partial charge is 0.229 e. The van der Waals surface area contributed by atoms with Gasteiger partial charge in [-0.3, -0.25) is 4.79 Å². The van der Waals surface area contributed by atoms with Crippen LogP contribution in [-0.4, -0.2) is 20.7 Å². The summed E-state index contributed by atoms with van der Waals surface area (Å²) in [7, 11) is 0. The van der Waals surface area contributed by atoms with Crippen molar-refractivity contribution in [3.8, 4) is 16.4 Å². The maximum absolute atomic E-state index is 12.9. The number of aromatic nitrogens is 3. The minimum Gasteiger partial charge on any atom is -0.310 e. The predicted octanol–water partition coefficient (Wildman–Crippen LogP) is 5.95.